The van der Waals surface area contributed by atoms with Crippen LogP contribution in [0.4, 0.5) is 0 Å². The van der Waals surface area contributed by atoms with Gasteiger partial charge in [-0.15, -0.1) is 6.58 Å². The summed E-state index contributed by atoms with van der Waals surface area (Å²) < 4.78 is 0. The lowest BCUT2D eigenvalue weighted by molar-refractivity contribution is -0.148. The van der Waals surface area contributed by atoms with Crippen molar-refractivity contribution in [3.05, 3.63) is 36.9 Å². The Bertz CT molecular complexity index is 620. The number of likely N-dealkylation sites (N-methyl/N-ethyl adjacent to an activating group) is 1. The van der Waals surface area contributed by atoms with E-state index in [1.165, 1.54) is 18.6 Å². The molecule has 3 heterocycles. The van der Waals surface area contributed by atoms with E-state index < -0.39 is 5.54 Å². The molecule has 23 heavy (non-hydrogen) atoms. The highest BCUT2D eigenvalue weighted by Crippen LogP contribution is 2.33. The summed E-state index contributed by atoms with van der Waals surface area (Å²) in [4.78, 5) is 39.0. The Morgan fingerprint density at radius 3 is 2.91 bits per heavy atom. The molecule has 0 radical (unpaired) electrons. The number of hydrogen-bond acceptors (Lipinski definition) is 5. The minimum absolute atomic E-state index is 0.0834. The van der Waals surface area contributed by atoms with E-state index in [1.807, 2.05) is 13.1 Å². The predicted octanol–water partition coefficient (Wildman–Crippen LogP) is 0.0213. The second-order valence-corrected chi connectivity index (χ2v) is 6.06. The van der Waals surface area contributed by atoms with Gasteiger partial charge in [-0.2, -0.15) is 0 Å². The summed E-state index contributed by atoms with van der Waals surface area (Å²) in [5, 5.41) is 0. The lowest BCUT2D eigenvalue weighted by Crippen LogP contribution is -2.66. The molecule has 7 heteroatoms. The average Bonchev–Trinajstić information content (AvgIpc) is 3.02. The molecule has 2 saturated heterocycles. The Hall–Kier alpha value is -2.28. The molecule has 0 aromatic carbocycles. The fourth-order valence-electron chi connectivity index (χ4n) is 3.47. The van der Waals surface area contributed by atoms with Crippen LogP contribution in [0.15, 0.2) is 31.2 Å². The zero-order chi connectivity index (χ0) is 16.4. The number of carbonyl (C=O) groups excluding carboxylic acids is 2. The van der Waals surface area contributed by atoms with Crippen molar-refractivity contribution in [1.82, 2.24) is 24.7 Å². The third-order valence-electron chi connectivity index (χ3n) is 4.72. The summed E-state index contributed by atoms with van der Waals surface area (Å²) in [5.41, 5.74) is -0.324. The van der Waals surface area contributed by atoms with Crippen LogP contribution in [0, 0.1) is 0 Å². The van der Waals surface area contributed by atoms with Gasteiger partial charge in [0.1, 0.15) is 11.2 Å². The number of likely N-dealkylation sites (tertiary alicyclic amines) is 1. The van der Waals surface area contributed by atoms with Crippen LogP contribution in [0.25, 0.3) is 0 Å². The zero-order valence-corrected chi connectivity index (χ0v) is 13.3. The van der Waals surface area contributed by atoms with E-state index in [0.29, 0.717) is 38.3 Å². The van der Waals surface area contributed by atoms with E-state index in [4.69, 9.17) is 0 Å². The topological polar surface area (TPSA) is 69.6 Å². The van der Waals surface area contributed by atoms with Crippen LogP contribution >= 0.6 is 0 Å². The molecule has 122 valence electrons. The summed E-state index contributed by atoms with van der Waals surface area (Å²) in [6.45, 7) is 6.86. The fourth-order valence-corrected chi connectivity index (χ4v) is 3.47. The molecule has 7 nitrogen and oxygen atoms in total. The molecule has 2 aliphatic rings. The SMILES string of the molecule is C=CCN1CCN(C)C(=O)[C@]12CCN(C(=O)c1cnccn1)C2. The molecule has 3 rings (SSSR count). The van der Waals surface area contributed by atoms with Crippen LogP contribution in [0.1, 0.15) is 16.9 Å². The van der Waals surface area contributed by atoms with E-state index in [9.17, 15) is 9.59 Å². The van der Waals surface area contributed by atoms with Crippen molar-refractivity contribution < 1.29 is 9.59 Å². The van der Waals surface area contributed by atoms with Gasteiger partial charge in [-0.3, -0.25) is 19.5 Å². The number of aromatic nitrogens is 2. The van der Waals surface area contributed by atoms with Crippen LogP contribution in [-0.2, 0) is 4.79 Å². The first-order valence-electron chi connectivity index (χ1n) is 7.75. The second-order valence-electron chi connectivity index (χ2n) is 6.06. The van der Waals surface area contributed by atoms with Crippen molar-refractivity contribution in [3.8, 4) is 0 Å². The molecule has 2 amide bonds. The third-order valence-corrected chi connectivity index (χ3v) is 4.72. The van der Waals surface area contributed by atoms with Gasteiger partial charge in [0.2, 0.25) is 5.91 Å². The van der Waals surface area contributed by atoms with Crippen LogP contribution < -0.4 is 0 Å². The van der Waals surface area contributed by atoms with Crippen LogP contribution in [0.2, 0.25) is 0 Å². The van der Waals surface area contributed by atoms with E-state index in [-0.39, 0.29) is 11.8 Å². The number of amides is 2. The molecule has 0 saturated carbocycles. The van der Waals surface area contributed by atoms with Gasteiger partial charge < -0.3 is 9.80 Å². The predicted molar refractivity (Wildman–Crippen MR) is 84.7 cm³/mol. The quantitative estimate of drug-likeness (QED) is 0.736. The molecule has 0 N–H and O–H groups in total. The minimum atomic E-state index is -0.640. The summed E-state index contributed by atoms with van der Waals surface area (Å²) in [6, 6.07) is 0. The molecule has 1 spiro atoms. The molecule has 1 atom stereocenters. The van der Waals surface area contributed by atoms with Gasteiger partial charge in [-0.1, -0.05) is 6.08 Å². The lowest BCUT2D eigenvalue weighted by Gasteiger charge is -2.46. The summed E-state index contributed by atoms with van der Waals surface area (Å²) in [6.07, 6.45) is 6.95. The van der Waals surface area contributed by atoms with Crippen molar-refractivity contribution in [2.24, 2.45) is 0 Å². The number of hydrogen-bond donors (Lipinski definition) is 0. The average molecular weight is 315 g/mol. The Balaban J connectivity index is 1.84. The molecule has 0 aliphatic carbocycles. The second kappa shape index (κ2) is 6.08. The first kappa shape index (κ1) is 15.6. The van der Waals surface area contributed by atoms with Crippen molar-refractivity contribution in [2.45, 2.75) is 12.0 Å². The van der Waals surface area contributed by atoms with Gasteiger partial charge in [0, 0.05) is 52.2 Å². The molecule has 0 bridgehead atoms. The van der Waals surface area contributed by atoms with Crippen molar-refractivity contribution in [3.63, 3.8) is 0 Å². The monoisotopic (exact) mass is 315 g/mol. The van der Waals surface area contributed by atoms with Crippen LogP contribution in [-0.4, -0.2) is 81.8 Å². The maximum absolute atomic E-state index is 12.8. The standard InChI is InChI=1S/C16H21N5O2/c1-3-7-21-10-9-19(2)15(23)16(21)4-8-20(12-16)14(22)13-11-17-5-6-18-13/h3,5-6,11H,1,4,7-10,12H2,2H3/t16-/m1/s1. The smallest absolute Gasteiger partial charge is 0.274 e. The van der Waals surface area contributed by atoms with E-state index in [2.05, 4.69) is 21.4 Å². The Labute approximate surface area is 135 Å². The van der Waals surface area contributed by atoms with Gasteiger partial charge in [-0.05, 0) is 6.42 Å². The van der Waals surface area contributed by atoms with Crippen LogP contribution in [0.3, 0.4) is 0 Å². The third kappa shape index (κ3) is 2.61. The van der Waals surface area contributed by atoms with Gasteiger partial charge in [-0.25, -0.2) is 4.98 Å². The molecular weight excluding hydrogens is 294 g/mol. The Morgan fingerprint density at radius 2 is 2.22 bits per heavy atom. The fraction of sp³-hybridized carbons (Fsp3) is 0.500. The molecular formula is C16H21N5O2. The number of nitrogens with zero attached hydrogens (tertiary/aromatic N) is 5. The molecule has 0 unspecified atom stereocenters. The molecule has 2 fully saturated rings. The summed E-state index contributed by atoms with van der Waals surface area (Å²) >= 11 is 0. The highest BCUT2D eigenvalue weighted by Gasteiger charge is 2.53. The highest BCUT2D eigenvalue weighted by molar-refractivity contribution is 5.94. The van der Waals surface area contributed by atoms with E-state index >= 15 is 0 Å². The molecule has 1 aromatic heterocycles. The minimum Gasteiger partial charge on any atom is -0.343 e. The molecule has 2 aliphatic heterocycles. The molecule has 1 aromatic rings. The summed E-state index contributed by atoms with van der Waals surface area (Å²) in [5.74, 6) is -0.0883. The van der Waals surface area contributed by atoms with E-state index in [1.54, 1.807) is 9.80 Å². The van der Waals surface area contributed by atoms with Gasteiger partial charge in [0.15, 0.2) is 0 Å². The van der Waals surface area contributed by atoms with Gasteiger partial charge in [0.05, 0.1) is 6.20 Å². The van der Waals surface area contributed by atoms with Crippen molar-refractivity contribution >= 4 is 11.8 Å². The highest BCUT2D eigenvalue weighted by atomic mass is 16.2. The normalized spacial score (nSPS) is 25.2. The maximum atomic E-state index is 12.8. The Morgan fingerprint density at radius 1 is 1.39 bits per heavy atom. The Kier molecular flexibility index (Phi) is 4.12. The largest absolute Gasteiger partial charge is 0.343 e. The first-order valence-corrected chi connectivity index (χ1v) is 7.75. The van der Waals surface area contributed by atoms with Crippen molar-refractivity contribution in [2.75, 3.05) is 39.8 Å². The van der Waals surface area contributed by atoms with Crippen molar-refractivity contribution in [1.29, 1.82) is 0 Å². The summed E-state index contributed by atoms with van der Waals surface area (Å²) in [7, 11) is 1.82. The number of piperazine rings is 1. The first-order chi connectivity index (χ1) is 11.1. The van der Waals surface area contributed by atoms with Gasteiger partial charge in [0.25, 0.3) is 5.91 Å². The zero-order valence-electron chi connectivity index (χ0n) is 13.3. The van der Waals surface area contributed by atoms with E-state index in [0.717, 1.165) is 6.54 Å². The lowest BCUT2D eigenvalue weighted by atomic mass is 9.91. The number of carbonyl (C=O) groups is 2. The van der Waals surface area contributed by atoms with Crippen LogP contribution in [0.5, 0.6) is 0 Å². The maximum Gasteiger partial charge on any atom is 0.274 e. The number of rotatable bonds is 3. The van der Waals surface area contributed by atoms with Gasteiger partial charge >= 0.3 is 0 Å².